The van der Waals surface area contributed by atoms with Gasteiger partial charge in [-0.3, -0.25) is 0 Å². The lowest BCUT2D eigenvalue weighted by Crippen LogP contribution is -2.01. The Bertz CT molecular complexity index is 633. The highest BCUT2D eigenvalue weighted by Crippen LogP contribution is 2.27. The summed E-state index contributed by atoms with van der Waals surface area (Å²) in [5.41, 5.74) is 9.97. The van der Waals surface area contributed by atoms with Gasteiger partial charge in [0, 0.05) is 16.3 Å². The van der Waals surface area contributed by atoms with E-state index in [0.29, 0.717) is 5.69 Å². The number of thioether (sulfide) groups is 1. The second-order valence-electron chi connectivity index (χ2n) is 4.84. The quantitative estimate of drug-likeness (QED) is 0.661. The molecule has 0 spiro atoms. The first-order chi connectivity index (χ1) is 9.45. The standard InChI is InChI=1S/C16H17NO2S/c1-10-5-11(2)7-12(6-10)9-20-13-3-4-14(16(18)19)15(17)8-13/h3-8H,9,17H2,1-2H3,(H,18,19). The van der Waals surface area contributed by atoms with E-state index in [1.54, 1.807) is 30.0 Å². The number of benzene rings is 2. The molecule has 0 unspecified atom stereocenters. The summed E-state index contributed by atoms with van der Waals surface area (Å²) in [7, 11) is 0. The Morgan fingerprint density at radius 3 is 2.35 bits per heavy atom. The summed E-state index contributed by atoms with van der Waals surface area (Å²) in [6.07, 6.45) is 0. The van der Waals surface area contributed by atoms with Crippen LogP contribution in [0, 0.1) is 13.8 Å². The maximum Gasteiger partial charge on any atom is 0.337 e. The molecule has 4 heteroatoms. The Balaban J connectivity index is 2.11. The first kappa shape index (κ1) is 14.5. The molecular weight excluding hydrogens is 270 g/mol. The summed E-state index contributed by atoms with van der Waals surface area (Å²) < 4.78 is 0. The maximum absolute atomic E-state index is 10.9. The molecule has 0 amide bonds. The minimum absolute atomic E-state index is 0.153. The summed E-state index contributed by atoms with van der Waals surface area (Å²) >= 11 is 1.65. The molecule has 20 heavy (non-hydrogen) atoms. The highest BCUT2D eigenvalue weighted by atomic mass is 32.2. The summed E-state index contributed by atoms with van der Waals surface area (Å²) in [6.45, 7) is 4.17. The van der Waals surface area contributed by atoms with Crippen molar-refractivity contribution in [2.24, 2.45) is 0 Å². The number of aryl methyl sites for hydroxylation is 2. The van der Waals surface area contributed by atoms with Gasteiger partial charge in [-0.2, -0.15) is 0 Å². The van der Waals surface area contributed by atoms with Gasteiger partial charge in [0.05, 0.1) is 5.56 Å². The molecule has 104 valence electrons. The fraction of sp³-hybridized carbons (Fsp3) is 0.188. The van der Waals surface area contributed by atoms with Gasteiger partial charge >= 0.3 is 5.97 Å². The molecule has 0 bridgehead atoms. The van der Waals surface area contributed by atoms with Crippen molar-refractivity contribution in [1.29, 1.82) is 0 Å². The van der Waals surface area contributed by atoms with E-state index >= 15 is 0 Å². The molecule has 0 aliphatic heterocycles. The van der Waals surface area contributed by atoms with Crippen molar-refractivity contribution in [3.63, 3.8) is 0 Å². The molecule has 0 aromatic heterocycles. The zero-order valence-corrected chi connectivity index (χ0v) is 12.3. The minimum Gasteiger partial charge on any atom is -0.478 e. The average Bonchev–Trinajstić information content (AvgIpc) is 2.35. The summed E-state index contributed by atoms with van der Waals surface area (Å²) in [5.74, 6) is -0.151. The predicted octanol–water partition coefficient (Wildman–Crippen LogP) is 3.88. The molecule has 0 aliphatic carbocycles. The van der Waals surface area contributed by atoms with Crippen LogP contribution in [0.15, 0.2) is 41.3 Å². The van der Waals surface area contributed by atoms with Crippen molar-refractivity contribution < 1.29 is 9.90 Å². The lowest BCUT2D eigenvalue weighted by Gasteiger charge is -2.07. The van der Waals surface area contributed by atoms with Crippen LogP contribution in [0.5, 0.6) is 0 Å². The zero-order valence-electron chi connectivity index (χ0n) is 11.5. The third-order valence-corrected chi connectivity index (χ3v) is 4.01. The monoisotopic (exact) mass is 287 g/mol. The summed E-state index contributed by atoms with van der Waals surface area (Å²) in [6, 6.07) is 11.5. The molecule has 0 fully saturated rings. The van der Waals surface area contributed by atoms with Crippen molar-refractivity contribution >= 4 is 23.4 Å². The van der Waals surface area contributed by atoms with Crippen molar-refractivity contribution in [3.05, 3.63) is 58.7 Å². The van der Waals surface area contributed by atoms with Crippen molar-refractivity contribution in [1.82, 2.24) is 0 Å². The highest BCUT2D eigenvalue weighted by Gasteiger charge is 2.08. The topological polar surface area (TPSA) is 63.3 Å². The molecule has 0 heterocycles. The van der Waals surface area contributed by atoms with Gasteiger partial charge in [0.15, 0.2) is 0 Å². The smallest absolute Gasteiger partial charge is 0.337 e. The second kappa shape index (κ2) is 6.01. The molecule has 0 atom stereocenters. The number of carbonyl (C=O) groups is 1. The Labute approximate surface area is 122 Å². The predicted molar refractivity (Wildman–Crippen MR) is 83.3 cm³/mol. The van der Waals surface area contributed by atoms with Crippen molar-refractivity contribution in [3.8, 4) is 0 Å². The van der Waals surface area contributed by atoms with Gasteiger partial charge in [0.1, 0.15) is 0 Å². The van der Waals surface area contributed by atoms with E-state index < -0.39 is 5.97 Å². The van der Waals surface area contributed by atoms with Gasteiger partial charge in [0.2, 0.25) is 0 Å². The lowest BCUT2D eigenvalue weighted by atomic mass is 10.1. The molecule has 2 rings (SSSR count). The van der Waals surface area contributed by atoms with Gasteiger partial charge < -0.3 is 10.8 Å². The first-order valence-corrected chi connectivity index (χ1v) is 7.27. The molecule has 0 radical (unpaired) electrons. The van der Waals surface area contributed by atoms with Crippen LogP contribution >= 0.6 is 11.8 Å². The molecular formula is C16H17NO2S. The van der Waals surface area contributed by atoms with Gasteiger partial charge in [0.25, 0.3) is 0 Å². The minimum atomic E-state index is -0.992. The van der Waals surface area contributed by atoms with Crippen LogP contribution in [0.4, 0.5) is 5.69 Å². The molecule has 0 saturated carbocycles. The van der Waals surface area contributed by atoms with Crippen LogP contribution in [0.1, 0.15) is 27.0 Å². The summed E-state index contributed by atoms with van der Waals surface area (Å²) in [5, 5.41) is 8.94. The Morgan fingerprint density at radius 2 is 1.80 bits per heavy atom. The highest BCUT2D eigenvalue weighted by molar-refractivity contribution is 7.98. The zero-order chi connectivity index (χ0) is 14.7. The van der Waals surface area contributed by atoms with Crippen LogP contribution in [0.25, 0.3) is 0 Å². The molecule has 3 nitrogen and oxygen atoms in total. The fourth-order valence-corrected chi connectivity index (χ4v) is 3.02. The van der Waals surface area contributed by atoms with E-state index in [1.165, 1.54) is 16.7 Å². The van der Waals surface area contributed by atoms with Crippen LogP contribution in [0.3, 0.4) is 0 Å². The Hall–Kier alpha value is -1.94. The maximum atomic E-state index is 10.9. The SMILES string of the molecule is Cc1cc(C)cc(CSc2ccc(C(=O)O)c(N)c2)c1. The van der Waals surface area contributed by atoms with Crippen LogP contribution < -0.4 is 5.73 Å². The number of hydrogen-bond acceptors (Lipinski definition) is 3. The van der Waals surface area contributed by atoms with Crippen LogP contribution in [-0.2, 0) is 5.75 Å². The third kappa shape index (κ3) is 3.54. The number of nitrogens with two attached hydrogens (primary N) is 1. The van der Waals surface area contributed by atoms with E-state index in [1.807, 2.05) is 0 Å². The van der Waals surface area contributed by atoms with E-state index in [2.05, 4.69) is 32.0 Å². The molecule has 2 aromatic carbocycles. The second-order valence-corrected chi connectivity index (χ2v) is 5.89. The molecule has 3 N–H and O–H groups in total. The average molecular weight is 287 g/mol. The third-order valence-electron chi connectivity index (χ3n) is 2.94. The number of nitrogen functional groups attached to an aromatic ring is 1. The molecule has 0 aliphatic rings. The van der Waals surface area contributed by atoms with E-state index in [0.717, 1.165) is 10.6 Å². The number of hydrogen-bond donors (Lipinski definition) is 2. The Kier molecular flexibility index (Phi) is 4.35. The molecule has 2 aromatic rings. The number of aromatic carboxylic acids is 1. The summed E-state index contributed by atoms with van der Waals surface area (Å²) in [4.78, 5) is 11.9. The van der Waals surface area contributed by atoms with Crippen LogP contribution in [0.2, 0.25) is 0 Å². The Morgan fingerprint density at radius 1 is 1.15 bits per heavy atom. The van der Waals surface area contributed by atoms with Crippen molar-refractivity contribution in [2.75, 3.05) is 5.73 Å². The van der Waals surface area contributed by atoms with Gasteiger partial charge in [-0.05, 0) is 37.6 Å². The van der Waals surface area contributed by atoms with Gasteiger partial charge in [-0.1, -0.05) is 29.3 Å². The fourth-order valence-electron chi connectivity index (χ4n) is 2.14. The normalized spacial score (nSPS) is 10.5. The number of carboxylic acids is 1. The molecule has 0 saturated heterocycles. The van der Waals surface area contributed by atoms with Gasteiger partial charge in [-0.15, -0.1) is 11.8 Å². The number of rotatable bonds is 4. The van der Waals surface area contributed by atoms with E-state index in [4.69, 9.17) is 10.8 Å². The van der Waals surface area contributed by atoms with Crippen LogP contribution in [-0.4, -0.2) is 11.1 Å². The first-order valence-electron chi connectivity index (χ1n) is 6.28. The number of anilines is 1. The lowest BCUT2D eigenvalue weighted by molar-refractivity contribution is 0.0698. The van der Waals surface area contributed by atoms with Crippen molar-refractivity contribution in [2.45, 2.75) is 24.5 Å². The van der Waals surface area contributed by atoms with E-state index in [-0.39, 0.29) is 5.56 Å². The number of carboxylic acid groups (broad SMARTS) is 1. The van der Waals surface area contributed by atoms with E-state index in [9.17, 15) is 4.79 Å². The largest absolute Gasteiger partial charge is 0.478 e. The van der Waals surface area contributed by atoms with Gasteiger partial charge in [-0.25, -0.2) is 4.79 Å².